The maximum atomic E-state index is 14.0. The van der Waals surface area contributed by atoms with Crippen molar-refractivity contribution < 1.29 is 9.18 Å². The third-order valence-electron chi connectivity index (χ3n) is 3.78. The Kier molecular flexibility index (Phi) is 4.44. The number of carbonyl (C=O) groups is 1. The molecule has 0 aliphatic heterocycles. The van der Waals surface area contributed by atoms with E-state index in [-0.39, 0.29) is 11.6 Å². The van der Waals surface area contributed by atoms with Crippen LogP contribution in [-0.4, -0.2) is 5.91 Å². The molecule has 0 radical (unpaired) electrons. The van der Waals surface area contributed by atoms with Gasteiger partial charge in [-0.05, 0) is 48.1 Å². The van der Waals surface area contributed by atoms with Gasteiger partial charge in [-0.25, -0.2) is 4.39 Å². The maximum Gasteiger partial charge on any atom is 0.266 e. The summed E-state index contributed by atoms with van der Waals surface area (Å²) in [5.41, 5.74) is 2.10. The van der Waals surface area contributed by atoms with Gasteiger partial charge in [0.2, 0.25) is 0 Å². The third kappa shape index (κ3) is 3.13. The predicted octanol–water partition coefficient (Wildman–Crippen LogP) is 5.55. The maximum absolute atomic E-state index is 14.0. The molecule has 118 valence electrons. The molecule has 1 amide bonds. The zero-order valence-electron chi connectivity index (χ0n) is 13.2. The summed E-state index contributed by atoms with van der Waals surface area (Å²) >= 11 is 1.47. The van der Waals surface area contributed by atoms with Crippen LogP contribution in [0.2, 0.25) is 0 Å². The van der Waals surface area contributed by atoms with Gasteiger partial charge in [-0.3, -0.25) is 4.79 Å². The SMILES string of the molecule is CCCc1c(C(=O)Nc2ccc(C)cc2F)sc2ccccc12. The van der Waals surface area contributed by atoms with Crippen LogP contribution in [0.5, 0.6) is 0 Å². The monoisotopic (exact) mass is 327 g/mol. The first kappa shape index (κ1) is 15.7. The number of hydrogen-bond acceptors (Lipinski definition) is 2. The third-order valence-corrected chi connectivity index (χ3v) is 4.99. The number of aryl methyl sites for hydroxylation is 2. The number of amides is 1. The summed E-state index contributed by atoms with van der Waals surface area (Å²) < 4.78 is 15.1. The molecule has 2 aromatic carbocycles. The van der Waals surface area contributed by atoms with Gasteiger partial charge in [0.15, 0.2) is 0 Å². The molecule has 0 aliphatic rings. The lowest BCUT2D eigenvalue weighted by Gasteiger charge is -2.07. The van der Waals surface area contributed by atoms with E-state index in [1.807, 2.05) is 31.2 Å². The van der Waals surface area contributed by atoms with Gasteiger partial charge in [-0.2, -0.15) is 0 Å². The highest BCUT2D eigenvalue weighted by Gasteiger charge is 2.18. The number of benzene rings is 2. The van der Waals surface area contributed by atoms with Crippen molar-refractivity contribution in [2.45, 2.75) is 26.7 Å². The van der Waals surface area contributed by atoms with Crippen LogP contribution in [0.3, 0.4) is 0 Å². The van der Waals surface area contributed by atoms with E-state index in [2.05, 4.69) is 12.2 Å². The molecular formula is C19H18FNOS. The minimum Gasteiger partial charge on any atom is -0.319 e. The van der Waals surface area contributed by atoms with Crippen LogP contribution in [-0.2, 0) is 6.42 Å². The summed E-state index contributed by atoms with van der Waals surface area (Å²) in [6.07, 6.45) is 1.79. The summed E-state index contributed by atoms with van der Waals surface area (Å²) in [6, 6.07) is 12.8. The van der Waals surface area contributed by atoms with Crippen molar-refractivity contribution in [1.29, 1.82) is 0 Å². The van der Waals surface area contributed by atoms with Crippen molar-refractivity contribution in [3.05, 3.63) is 64.3 Å². The van der Waals surface area contributed by atoms with E-state index in [9.17, 15) is 9.18 Å². The lowest BCUT2D eigenvalue weighted by Crippen LogP contribution is -2.13. The van der Waals surface area contributed by atoms with Gasteiger partial charge in [-0.1, -0.05) is 37.6 Å². The molecule has 3 aromatic rings. The van der Waals surface area contributed by atoms with Gasteiger partial charge in [0.1, 0.15) is 5.82 Å². The van der Waals surface area contributed by atoms with Crippen LogP contribution in [0.15, 0.2) is 42.5 Å². The second kappa shape index (κ2) is 6.50. The van der Waals surface area contributed by atoms with Crippen LogP contribution in [0.1, 0.15) is 34.1 Å². The molecule has 0 saturated heterocycles. The Morgan fingerprint density at radius 1 is 1.22 bits per heavy atom. The Morgan fingerprint density at radius 2 is 2.00 bits per heavy atom. The van der Waals surface area contributed by atoms with Crippen molar-refractivity contribution in [2.75, 3.05) is 5.32 Å². The molecule has 0 aliphatic carbocycles. The van der Waals surface area contributed by atoms with E-state index >= 15 is 0 Å². The zero-order chi connectivity index (χ0) is 16.4. The van der Waals surface area contributed by atoms with Crippen molar-refractivity contribution in [3.8, 4) is 0 Å². The average molecular weight is 327 g/mol. The van der Waals surface area contributed by atoms with Gasteiger partial charge >= 0.3 is 0 Å². The molecule has 3 rings (SSSR count). The molecule has 2 nitrogen and oxygen atoms in total. The minimum absolute atomic E-state index is 0.223. The molecular weight excluding hydrogens is 309 g/mol. The van der Waals surface area contributed by atoms with Crippen LogP contribution in [0.25, 0.3) is 10.1 Å². The van der Waals surface area contributed by atoms with E-state index in [0.29, 0.717) is 4.88 Å². The molecule has 0 bridgehead atoms. The van der Waals surface area contributed by atoms with Gasteiger partial charge in [0, 0.05) is 4.70 Å². The first-order chi connectivity index (χ1) is 11.1. The molecule has 4 heteroatoms. The van der Waals surface area contributed by atoms with Crippen LogP contribution < -0.4 is 5.32 Å². The molecule has 0 atom stereocenters. The summed E-state index contributed by atoms with van der Waals surface area (Å²) in [7, 11) is 0. The van der Waals surface area contributed by atoms with Crippen molar-refractivity contribution in [3.63, 3.8) is 0 Å². The average Bonchev–Trinajstić information content (AvgIpc) is 2.90. The van der Waals surface area contributed by atoms with Crippen molar-refractivity contribution in [1.82, 2.24) is 0 Å². The lowest BCUT2D eigenvalue weighted by atomic mass is 10.1. The Labute approximate surface area is 139 Å². The topological polar surface area (TPSA) is 29.1 Å². The van der Waals surface area contributed by atoms with E-state index in [1.165, 1.54) is 17.4 Å². The first-order valence-electron chi connectivity index (χ1n) is 7.68. The molecule has 0 fully saturated rings. The Bertz CT molecular complexity index is 869. The normalized spacial score (nSPS) is 10.9. The first-order valence-corrected chi connectivity index (χ1v) is 8.49. The fourth-order valence-electron chi connectivity index (χ4n) is 2.68. The summed E-state index contributed by atoms with van der Waals surface area (Å²) in [6.45, 7) is 3.91. The van der Waals surface area contributed by atoms with Crippen LogP contribution in [0.4, 0.5) is 10.1 Å². The van der Waals surface area contributed by atoms with Gasteiger partial charge in [-0.15, -0.1) is 11.3 Å². The summed E-state index contributed by atoms with van der Waals surface area (Å²) in [5, 5.41) is 3.83. The standard InChI is InChI=1S/C19H18FNOS/c1-3-6-14-13-7-4-5-8-17(13)23-18(14)19(22)21-16-10-9-12(2)11-15(16)20/h4-5,7-11H,3,6H2,1-2H3,(H,21,22). The Morgan fingerprint density at radius 3 is 2.74 bits per heavy atom. The largest absolute Gasteiger partial charge is 0.319 e. The second-order valence-electron chi connectivity index (χ2n) is 5.59. The van der Waals surface area contributed by atoms with Gasteiger partial charge in [0.25, 0.3) is 5.91 Å². The quantitative estimate of drug-likeness (QED) is 0.668. The molecule has 1 heterocycles. The number of halogens is 1. The number of nitrogens with one attached hydrogen (secondary N) is 1. The molecule has 0 saturated carbocycles. The molecule has 0 unspecified atom stereocenters. The van der Waals surface area contributed by atoms with Crippen LogP contribution in [0, 0.1) is 12.7 Å². The van der Waals surface area contributed by atoms with E-state index in [1.54, 1.807) is 12.1 Å². The lowest BCUT2D eigenvalue weighted by molar-refractivity contribution is 0.102. The highest BCUT2D eigenvalue weighted by Crippen LogP contribution is 2.33. The van der Waals surface area contributed by atoms with E-state index in [0.717, 1.165) is 34.1 Å². The summed E-state index contributed by atoms with van der Waals surface area (Å²) in [4.78, 5) is 13.3. The number of rotatable bonds is 4. The number of thiophene rings is 1. The fraction of sp³-hybridized carbons (Fsp3) is 0.211. The number of anilines is 1. The zero-order valence-corrected chi connectivity index (χ0v) is 14.0. The smallest absolute Gasteiger partial charge is 0.266 e. The molecule has 0 spiro atoms. The number of carbonyl (C=O) groups excluding carboxylic acids is 1. The highest BCUT2D eigenvalue weighted by molar-refractivity contribution is 7.21. The molecule has 1 N–H and O–H groups in total. The van der Waals surface area contributed by atoms with Gasteiger partial charge in [0.05, 0.1) is 10.6 Å². The van der Waals surface area contributed by atoms with Gasteiger partial charge < -0.3 is 5.32 Å². The Hall–Kier alpha value is -2.20. The van der Waals surface area contributed by atoms with E-state index in [4.69, 9.17) is 0 Å². The van der Waals surface area contributed by atoms with Crippen molar-refractivity contribution in [2.24, 2.45) is 0 Å². The minimum atomic E-state index is -0.406. The molecule has 23 heavy (non-hydrogen) atoms. The summed E-state index contributed by atoms with van der Waals surface area (Å²) in [5.74, 6) is -0.645. The number of fused-ring (bicyclic) bond motifs is 1. The fourth-order valence-corrected chi connectivity index (χ4v) is 3.83. The number of hydrogen-bond donors (Lipinski definition) is 1. The Balaban J connectivity index is 1.98. The van der Waals surface area contributed by atoms with E-state index < -0.39 is 5.82 Å². The highest BCUT2D eigenvalue weighted by atomic mass is 32.1. The molecule has 1 aromatic heterocycles. The van der Waals surface area contributed by atoms with Crippen molar-refractivity contribution >= 4 is 33.0 Å². The second-order valence-corrected chi connectivity index (χ2v) is 6.65. The van der Waals surface area contributed by atoms with Crippen LogP contribution >= 0.6 is 11.3 Å². The predicted molar refractivity (Wildman–Crippen MR) is 94.9 cm³/mol.